The predicted octanol–water partition coefficient (Wildman–Crippen LogP) is 2.68. The van der Waals surface area contributed by atoms with Crippen LogP contribution in [0.1, 0.15) is 23.7 Å². The lowest BCUT2D eigenvalue weighted by Crippen LogP contribution is -2.09. The second-order valence-electron chi connectivity index (χ2n) is 4.32. The Bertz CT molecular complexity index is 679. The Kier molecular flexibility index (Phi) is 3.89. The number of aromatic hydroxyl groups is 1. The van der Waals surface area contributed by atoms with Crippen molar-refractivity contribution in [2.75, 3.05) is 12.4 Å². The molecular formula is C15H15NO4. The molecule has 0 fully saturated rings. The Hall–Kier alpha value is -2.56. The molecule has 20 heavy (non-hydrogen) atoms. The summed E-state index contributed by atoms with van der Waals surface area (Å²) in [5.41, 5.74) is 0.877. The summed E-state index contributed by atoms with van der Waals surface area (Å²) in [7, 11) is 1.28. The number of phenolic OH excluding ortho intramolecular Hbond substituents is 1. The molecule has 0 aliphatic heterocycles. The van der Waals surface area contributed by atoms with E-state index in [0.29, 0.717) is 22.9 Å². The van der Waals surface area contributed by atoms with Crippen LogP contribution < -0.4 is 5.32 Å². The molecule has 0 radical (unpaired) electrons. The summed E-state index contributed by atoms with van der Waals surface area (Å²) in [5.74, 6) is -0.626. The first-order chi connectivity index (χ1) is 9.55. The minimum Gasteiger partial charge on any atom is -0.507 e. The molecule has 2 N–H and O–H groups in total. The van der Waals surface area contributed by atoms with Gasteiger partial charge >= 0.3 is 5.97 Å². The average Bonchev–Trinajstić information content (AvgIpc) is 2.45. The van der Waals surface area contributed by atoms with E-state index < -0.39 is 5.97 Å². The third kappa shape index (κ3) is 2.71. The number of benzene rings is 2. The van der Waals surface area contributed by atoms with Gasteiger partial charge in [-0.1, -0.05) is 6.92 Å². The number of esters is 1. The smallest absolute Gasteiger partial charge is 0.338 e. The summed E-state index contributed by atoms with van der Waals surface area (Å²) < 4.78 is 4.63. The maximum atomic E-state index is 11.5. The van der Waals surface area contributed by atoms with Gasteiger partial charge < -0.3 is 15.2 Å². The lowest BCUT2D eigenvalue weighted by Gasteiger charge is -2.08. The Morgan fingerprint density at radius 2 is 2.00 bits per heavy atom. The van der Waals surface area contributed by atoms with Crippen LogP contribution in [-0.2, 0) is 9.53 Å². The summed E-state index contributed by atoms with van der Waals surface area (Å²) in [5, 5.41) is 13.9. The molecular weight excluding hydrogens is 258 g/mol. The monoisotopic (exact) mass is 273 g/mol. The van der Waals surface area contributed by atoms with Crippen LogP contribution in [-0.4, -0.2) is 24.1 Å². The van der Waals surface area contributed by atoms with Gasteiger partial charge in [0.15, 0.2) is 0 Å². The van der Waals surface area contributed by atoms with Crippen molar-refractivity contribution in [3.8, 4) is 5.75 Å². The zero-order valence-electron chi connectivity index (χ0n) is 11.3. The van der Waals surface area contributed by atoms with Crippen molar-refractivity contribution in [2.24, 2.45) is 0 Å². The molecule has 0 bridgehead atoms. The van der Waals surface area contributed by atoms with E-state index in [2.05, 4.69) is 10.1 Å². The highest BCUT2D eigenvalue weighted by Gasteiger charge is 2.10. The fourth-order valence-corrected chi connectivity index (χ4v) is 1.91. The van der Waals surface area contributed by atoms with Gasteiger partial charge in [-0.25, -0.2) is 4.79 Å². The lowest BCUT2D eigenvalue weighted by atomic mass is 10.0. The molecule has 0 heterocycles. The maximum Gasteiger partial charge on any atom is 0.338 e. The van der Waals surface area contributed by atoms with E-state index in [1.54, 1.807) is 31.2 Å². The van der Waals surface area contributed by atoms with Crippen LogP contribution in [0.5, 0.6) is 5.75 Å². The van der Waals surface area contributed by atoms with E-state index in [9.17, 15) is 14.7 Å². The average molecular weight is 273 g/mol. The van der Waals surface area contributed by atoms with Crippen molar-refractivity contribution in [3.05, 3.63) is 35.9 Å². The lowest BCUT2D eigenvalue weighted by molar-refractivity contribution is -0.115. The van der Waals surface area contributed by atoms with Crippen LogP contribution in [0.2, 0.25) is 0 Å². The molecule has 0 aromatic heterocycles. The summed E-state index contributed by atoms with van der Waals surface area (Å²) in [6, 6.07) is 8.07. The Labute approximate surface area is 116 Å². The van der Waals surface area contributed by atoms with Gasteiger partial charge in [-0.15, -0.1) is 0 Å². The summed E-state index contributed by atoms with van der Waals surface area (Å²) in [6.07, 6.45) is 0.380. The van der Waals surface area contributed by atoms with Crippen LogP contribution in [0.4, 0.5) is 5.69 Å². The van der Waals surface area contributed by atoms with Gasteiger partial charge in [0.05, 0.1) is 12.7 Å². The highest BCUT2D eigenvalue weighted by atomic mass is 16.5. The number of rotatable bonds is 3. The Balaban J connectivity index is 2.49. The molecule has 5 nitrogen and oxygen atoms in total. The maximum absolute atomic E-state index is 11.5. The van der Waals surface area contributed by atoms with E-state index >= 15 is 0 Å². The van der Waals surface area contributed by atoms with Crippen LogP contribution in [0.25, 0.3) is 10.8 Å². The normalized spacial score (nSPS) is 10.3. The predicted molar refractivity (Wildman–Crippen MR) is 75.9 cm³/mol. The summed E-state index contributed by atoms with van der Waals surface area (Å²) in [4.78, 5) is 22.9. The number of fused-ring (bicyclic) bond motifs is 1. The number of carbonyl (C=O) groups is 2. The molecule has 2 aromatic carbocycles. The van der Waals surface area contributed by atoms with Gasteiger partial charge in [0.25, 0.3) is 0 Å². The molecule has 0 aliphatic carbocycles. The molecule has 5 heteroatoms. The first-order valence-corrected chi connectivity index (χ1v) is 6.20. The number of carbonyl (C=O) groups excluding carboxylic acids is 2. The van der Waals surface area contributed by atoms with Crippen LogP contribution in [0.15, 0.2) is 30.3 Å². The molecule has 0 aliphatic rings. The van der Waals surface area contributed by atoms with Crippen molar-refractivity contribution >= 4 is 28.3 Å². The largest absolute Gasteiger partial charge is 0.507 e. The number of methoxy groups -OCH3 is 1. The number of anilines is 1. The van der Waals surface area contributed by atoms with Crippen molar-refractivity contribution in [2.45, 2.75) is 13.3 Å². The SMILES string of the molecule is CCC(=O)Nc1ccc2c(O)cc(C(=O)OC)cc2c1. The molecule has 104 valence electrons. The van der Waals surface area contributed by atoms with Crippen LogP contribution in [0, 0.1) is 0 Å². The van der Waals surface area contributed by atoms with Gasteiger partial charge in [-0.2, -0.15) is 0 Å². The minimum atomic E-state index is -0.523. The zero-order chi connectivity index (χ0) is 14.7. The number of amides is 1. The molecule has 0 unspecified atom stereocenters. The fraction of sp³-hybridized carbons (Fsp3) is 0.200. The number of hydrogen-bond donors (Lipinski definition) is 2. The Morgan fingerprint density at radius 3 is 2.65 bits per heavy atom. The molecule has 1 amide bonds. The molecule has 2 rings (SSSR count). The standard InChI is InChI=1S/C15H15NO4/c1-3-14(18)16-11-4-5-12-9(7-11)6-10(8-13(12)17)15(19)20-2/h4-8,17H,3H2,1-2H3,(H,16,18). The van der Waals surface area contributed by atoms with Crippen molar-refractivity contribution in [1.29, 1.82) is 0 Å². The topological polar surface area (TPSA) is 75.6 Å². The summed E-state index contributed by atoms with van der Waals surface area (Å²) >= 11 is 0. The van der Waals surface area contributed by atoms with E-state index in [4.69, 9.17) is 0 Å². The van der Waals surface area contributed by atoms with E-state index in [0.717, 1.165) is 0 Å². The number of nitrogens with one attached hydrogen (secondary N) is 1. The second kappa shape index (κ2) is 5.61. The zero-order valence-corrected chi connectivity index (χ0v) is 11.3. The van der Waals surface area contributed by atoms with Gasteiger partial charge in [0, 0.05) is 17.5 Å². The summed E-state index contributed by atoms with van der Waals surface area (Å²) in [6.45, 7) is 1.76. The minimum absolute atomic E-state index is 0.00346. The highest BCUT2D eigenvalue weighted by Crippen LogP contribution is 2.29. The fourth-order valence-electron chi connectivity index (χ4n) is 1.91. The first-order valence-electron chi connectivity index (χ1n) is 6.20. The second-order valence-corrected chi connectivity index (χ2v) is 4.32. The van der Waals surface area contributed by atoms with Crippen molar-refractivity contribution in [1.82, 2.24) is 0 Å². The van der Waals surface area contributed by atoms with Gasteiger partial charge in [-0.3, -0.25) is 4.79 Å². The van der Waals surface area contributed by atoms with E-state index in [1.165, 1.54) is 13.2 Å². The van der Waals surface area contributed by atoms with Crippen molar-refractivity contribution in [3.63, 3.8) is 0 Å². The van der Waals surface area contributed by atoms with Crippen molar-refractivity contribution < 1.29 is 19.4 Å². The van der Waals surface area contributed by atoms with E-state index in [1.807, 2.05) is 0 Å². The molecule has 0 spiro atoms. The van der Waals surface area contributed by atoms with Gasteiger partial charge in [-0.05, 0) is 35.7 Å². The third-order valence-electron chi connectivity index (χ3n) is 2.96. The molecule has 0 saturated carbocycles. The molecule has 2 aromatic rings. The quantitative estimate of drug-likeness (QED) is 0.843. The molecule has 0 saturated heterocycles. The highest BCUT2D eigenvalue weighted by molar-refractivity contribution is 6.00. The number of phenols is 1. The van der Waals surface area contributed by atoms with Crippen LogP contribution >= 0.6 is 0 Å². The third-order valence-corrected chi connectivity index (χ3v) is 2.96. The van der Waals surface area contributed by atoms with Gasteiger partial charge in [0.1, 0.15) is 5.75 Å². The number of ether oxygens (including phenoxy) is 1. The Morgan fingerprint density at radius 1 is 1.25 bits per heavy atom. The van der Waals surface area contributed by atoms with Gasteiger partial charge in [0.2, 0.25) is 5.91 Å². The van der Waals surface area contributed by atoms with Crippen LogP contribution in [0.3, 0.4) is 0 Å². The first kappa shape index (κ1) is 13.9. The number of hydrogen-bond acceptors (Lipinski definition) is 4. The molecule has 0 atom stereocenters. The van der Waals surface area contributed by atoms with E-state index in [-0.39, 0.29) is 17.2 Å².